The summed E-state index contributed by atoms with van der Waals surface area (Å²) in [5.74, 6) is 5.06. The van der Waals surface area contributed by atoms with Crippen molar-refractivity contribution in [2.24, 2.45) is 5.84 Å². The van der Waals surface area contributed by atoms with Crippen molar-refractivity contribution in [1.29, 1.82) is 0 Å². The molecule has 3 aromatic carbocycles. The number of hydrogen-bond donors (Lipinski definition) is 2. The van der Waals surface area contributed by atoms with Crippen molar-refractivity contribution < 1.29 is 34.4 Å². The first-order valence-electron chi connectivity index (χ1n) is 8.41. The Balaban J connectivity index is 0.000000413. The van der Waals surface area contributed by atoms with E-state index < -0.39 is 5.24 Å². The van der Waals surface area contributed by atoms with Crippen LogP contribution in [0.5, 0.6) is 0 Å². The van der Waals surface area contributed by atoms with Gasteiger partial charge in [-0.25, -0.2) is 0 Å². The van der Waals surface area contributed by atoms with Gasteiger partial charge in [0.15, 0.2) is 0 Å². The van der Waals surface area contributed by atoms with E-state index in [1.807, 2.05) is 69.3 Å². The van der Waals surface area contributed by atoms with Crippen LogP contribution in [0, 0.1) is 6.92 Å². The standard InChI is InChI=1S/C11H7ClO.C7H8.C4H12N2.Na/c12-11(13)10-6-5-8-3-1-2-4-9(8)7-10;1-7-5-3-2-4-6-7;1-4(2,3)6-5;/h1-7H;2-6H,1H3;6H,5H2,1-3H3;/q;;;+1. The van der Waals surface area contributed by atoms with Gasteiger partial charge in [0, 0.05) is 11.1 Å². The number of aryl methyl sites for hydroxylation is 1. The van der Waals surface area contributed by atoms with Gasteiger partial charge in [0.25, 0.3) is 5.24 Å². The van der Waals surface area contributed by atoms with Gasteiger partial charge in [-0.05, 0) is 62.2 Å². The maximum Gasteiger partial charge on any atom is 1.00 e. The van der Waals surface area contributed by atoms with Crippen LogP contribution < -0.4 is 40.8 Å². The summed E-state index contributed by atoms with van der Waals surface area (Å²) in [7, 11) is 0. The summed E-state index contributed by atoms with van der Waals surface area (Å²) in [5, 5.41) is 1.74. The molecule has 0 aliphatic heterocycles. The number of nitrogens with two attached hydrogens (primary N) is 1. The quantitative estimate of drug-likeness (QED) is 0.289. The van der Waals surface area contributed by atoms with Gasteiger partial charge >= 0.3 is 29.6 Å². The van der Waals surface area contributed by atoms with Crippen LogP contribution in [0.1, 0.15) is 36.7 Å². The first kappa shape index (κ1) is 25.8. The van der Waals surface area contributed by atoms with Gasteiger partial charge in [-0.15, -0.1) is 0 Å². The maximum absolute atomic E-state index is 10.9. The molecule has 27 heavy (non-hydrogen) atoms. The zero-order valence-electron chi connectivity index (χ0n) is 16.8. The van der Waals surface area contributed by atoms with E-state index >= 15 is 0 Å². The Kier molecular flexibility index (Phi) is 12.5. The Morgan fingerprint density at radius 2 is 1.37 bits per heavy atom. The molecule has 0 heterocycles. The molecule has 0 unspecified atom stereocenters. The molecule has 3 nitrogen and oxygen atoms in total. The smallest absolute Gasteiger partial charge is 0.276 e. The maximum atomic E-state index is 10.9. The van der Waals surface area contributed by atoms with Gasteiger partial charge in [-0.3, -0.25) is 16.1 Å². The first-order valence-corrected chi connectivity index (χ1v) is 8.79. The SMILES string of the molecule is CC(C)(C)NN.Cc1ccccc1.O=C(Cl)c1ccc2ccccc2c1.[Na+]. The molecule has 5 heteroatoms. The fourth-order valence-electron chi connectivity index (χ4n) is 1.85. The van der Waals surface area contributed by atoms with Crippen molar-refractivity contribution in [3.63, 3.8) is 0 Å². The molecule has 0 fully saturated rings. The fourth-order valence-corrected chi connectivity index (χ4v) is 1.96. The minimum absolute atomic E-state index is 0. The second-order valence-corrected chi connectivity index (χ2v) is 7.23. The van der Waals surface area contributed by atoms with Crippen LogP contribution in [0.15, 0.2) is 72.8 Å². The second-order valence-electron chi connectivity index (χ2n) is 6.88. The number of rotatable bonds is 1. The predicted molar refractivity (Wildman–Crippen MR) is 112 cm³/mol. The fraction of sp³-hybridized carbons (Fsp3) is 0.227. The van der Waals surface area contributed by atoms with E-state index in [1.54, 1.807) is 12.1 Å². The van der Waals surface area contributed by atoms with Crippen molar-refractivity contribution in [3.8, 4) is 0 Å². The number of halogens is 1. The Labute approximate surface area is 189 Å². The van der Waals surface area contributed by atoms with Gasteiger partial charge in [0.05, 0.1) is 0 Å². The monoisotopic (exact) mass is 393 g/mol. The van der Waals surface area contributed by atoms with Crippen LogP contribution in [0.2, 0.25) is 0 Å². The Morgan fingerprint density at radius 1 is 0.889 bits per heavy atom. The summed E-state index contributed by atoms with van der Waals surface area (Å²) < 4.78 is 0. The van der Waals surface area contributed by atoms with Crippen molar-refractivity contribution in [3.05, 3.63) is 83.9 Å². The van der Waals surface area contributed by atoms with Crippen LogP contribution >= 0.6 is 11.6 Å². The van der Waals surface area contributed by atoms with Gasteiger partial charge in [0.2, 0.25) is 0 Å². The molecule has 0 aliphatic rings. The number of fused-ring (bicyclic) bond motifs is 1. The molecule has 3 N–H and O–H groups in total. The Morgan fingerprint density at radius 3 is 1.78 bits per heavy atom. The topological polar surface area (TPSA) is 55.1 Å². The molecule has 0 bridgehead atoms. The number of carbonyl (C=O) groups is 1. The summed E-state index contributed by atoms with van der Waals surface area (Å²) in [5.41, 5.74) is 4.54. The van der Waals surface area contributed by atoms with E-state index in [-0.39, 0.29) is 35.1 Å². The van der Waals surface area contributed by atoms with Crippen LogP contribution in [0.4, 0.5) is 0 Å². The van der Waals surface area contributed by atoms with Crippen LogP contribution in [-0.2, 0) is 0 Å². The summed E-state index contributed by atoms with van der Waals surface area (Å²) in [6, 6.07) is 23.5. The molecule has 138 valence electrons. The molecule has 0 aliphatic carbocycles. The number of hydrogen-bond acceptors (Lipinski definition) is 3. The van der Waals surface area contributed by atoms with E-state index in [9.17, 15) is 4.79 Å². The average Bonchev–Trinajstić information content (AvgIpc) is 2.62. The van der Waals surface area contributed by atoms with Gasteiger partial charge in [0.1, 0.15) is 0 Å². The normalized spacial score (nSPS) is 9.85. The van der Waals surface area contributed by atoms with Gasteiger partial charge < -0.3 is 0 Å². The summed E-state index contributed by atoms with van der Waals surface area (Å²) in [6.45, 7) is 8.10. The Hall–Kier alpha value is -1.20. The molecular weight excluding hydrogens is 367 g/mol. The molecule has 0 spiro atoms. The third kappa shape index (κ3) is 11.3. The van der Waals surface area contributed by atoms with E-state index in [0.29, 0.717) is 5.56 Å². The second kappa shape index (κ2) is 13.1. The molecule has 0 atom stereocenters. The van der Waals surface area contributed by atoms with Crippen molar-refractivity contribution in [2.45, 2.75) is 33.2 Å². The van der Waals surface area contributed by atoms with E-state index in [4.69, 9.17) is 17.4 Å². The molecule has 0 saturated heterocycles. The molecule has 3 aromatic rings. The van der Waals surface area contributed by atoms with Crippen molar-refractivity contribution >= 4 is 27.6 Å². The van der Waals surface area contributed by atoms with E-state index in [1.165, 1.54) is 5.56 Å². The van der Waals surface area contributed by atoms with Crippen LogP contribution in [0.25, 0.3) is 10.8 Å². The zero-order valence-corrected chi connectivity index (χ0v) is 19.5. The summed E-state index contributed by atoms with van der Waals surface area (Å²) in [4.78, 5) is 10.9. The molecule has 0 aromatic heterocycles. The molecule has 0 saturated carbocycles. The van der Waals surface area contributed by atoms with Gasteiger partial charge in [-0.1, -0.05) is 66.2 Å². The minimum atomic E-state index is -0.411. The van der Waals surface area contributed by atoms with E-state index in [0.717, 1.165) is 10.8 Å². The first-order chi connectivity index (χ1) is 12.2. The Bertz CT molecular complexity index is 817. The van der Waals surface area contributed by atoms with Crippen molar-refractivity contribution in [2.75, 3.05) is 0 Å². The predicted octanol–water partition coefficient (Wildman–Crippen LogP) is 2.47. The summed E-state index contributed by atoms with van der Waals surface area (Å²) in [6.07, 6.45) is 0. The summed E-state index contributed by atoms with van der Waals surface area (Å²) >= 11 is 5.36. The van der Waals surface area contributed by atoms with Gasteiger partial charge in [-0.2, -0.15) is 0 Å². The van der Waals surface area contributed by atoms with Crippen molar-refractivity contribution in [1.82, 2.24) is 5.43 Å². The molecular formula is C22H27ClN2NaO+. The molecule has 0 amide bonds. The third-order valence-electron chi connectivity index (χ3n) is 3.35. The zero-order chi connectivity index (χ0) is 19.6. The van der Waals surface area contributed by atoms with E-state index in [2.05, 4.69) is 24.5 Å². The number of hydrazine groups is 1. The number of carbonyl (C=O) groups excluding carboxylic acids is 1. The number of benzene rings is 3. The van der Waals surface area contributed by atoms with Crippen LogP contribution in [-0.4, -0.2) is 10.8 Å². The van der Waals surface area contributed by atoms with Crippen LogP contribution in [0.3, 0.4) is 0 Å². The third-order valence-corrected chi connectivity index (χ3v) is 3.57. The molecule has 3 rings (SSSR count). The molecule has 0 radical (unpaired) electrons. The average molecular weight is 394 g/mol. The number of nitrogens with one attached hydrogen (secondary N) is 1. The minimum Gasteiger partial charge on any atom is -0.276 e. The largest absolute Gasteiger partial charge is 1.00 e.